The Balaban J connectivity index is 1.68. The van der Waals surface area contributed by atoms with E-state index in [2.05, 4.69) is 15.5 Å². The fourth-order valence-corrected chi connectivity index (χ4v) is 5.08. The van der Waals surface area contributed by atoms with E-state index in [9.17, 15) is 13.2 Å². The lowest BCUT2D eigenvalue weighted by Crippen LogP contribution is -2.33. The van der Waals surface area contributed by atoms with E-state index in [-0.39, 0.29) is 22.4 Å². The maximum Gasteiger partial charge on any atom is 0.256 e. The number of aromatic nitrogens is 2. The molecule has 0 saturated heterocycles. The monoisotopic (exact) mass is 418 g/mol. The van der Waals surface area contributed by atoms with Crippen LogP contribution in [0.4, 0.5) is 5.82 Å². The van der Waals surface area contributed by atoms with E-state index in [0.717, 1.165) is 12.1 Å². The highest BCUT2D eigenvalue weighted by Crippen LogP contribution is 2.27. The van der Waals surface area contributed by atoms with Gasteiger partial charge in [-0.2, -0.15) is 9.40 Å². The fourth-order valence-electron chi connectivity index (χ4n) is 3.66. The summed E-state index contributed by atoms with van der Waals surface area (Å²) in [6.45, 7) is 3.60. The fraction of sp³-hybridized carbons (Fsp3) is 0.524. The minimum absolute atomic E-state index is 0.0985. The number of carbonyl (C=O) groups is 1. The molecule has 1 heterocycles. The van der Waals surface area contributed by atoms with Gasteiger partial charge in [-0.15, -0.1) is 0 Å². The topological polar surface area (TPSA) is 95.2 Å². The van der Waals surface area contributed by atoms with E-state index in [4.69, 9.17) is 0 Å². The summed E-state index contributed by atoms with van der Waals surface area (Å²) in [7, 11) is -2.12. The van der Waals surface area contributed by atoms with Crippen molar-refractivity contribution in [2.24, 2.45) is 5.92 Å². The number of H-pyrrole nitrogens is 1. The lowest BCUT2D eigenvalue weighted by Gasteiger charge is -2.21. The Kier molecular flexibility index (Phi) is 6.74. The summed E-state index contributed by atoms with van der Waals surface area (Å²) in [6, 6.07) is 7.76. The lowest BCUT2D eigenvalue weighted by atomic mass is 9.86. The predicted octanol–water partition coefficient (Wildman–Crippen LogP) is 3.81. The molecule has 2 N–H and O–H groups in total. The van der Waals surface area contributed by atoms with Crippen LogP contribution in [0, 0.1) is 5.92 Å². The van der Waals surface area contributed by atoms with Gasteiger partial charge in [0.2, 0.25) is 10.0 Å². The van der Waals surface area contributed by atoms with Gasteiger partial charge in [0.05, 0.1) is 4.90 Å². The van der Waals surface area contributed by atoms with Crippen LogP contribution in [-0.4, -0.2) is 41.9 Å². The molecular formula is C21H30N4O3S. The van der Waals surface area contributed by atoms with Crippen molar-refractivity contribution in [3.05, 3.63) is 41.6 Å². The molecule has 1 amide bonds. The minimum atomic E-state index is -3.65. The number of amides is 1. The number of sulfonamides is 1. The van der Waals surface area contributed by atoms with Gasteiger partial charge in [0.1, 0.15) is 0 Å². The Morgan fingerprint density at radius 2 is 1.97 bits per heavy atom. The standard InChI is InChI=1S/C21H30N4O3S/c1-15(2)25(3)29(27,28)19-11-7-10-17(13-19)21(26)22-20-14-18(23-24-20)12-16-8-5-4-6-9-16/h7,10-11,13-16H,4-6,8-9,12H2,1-3H3,(H2,22,23,24,26). The molecule has 0 unspecified atom stereocenters. The molecule has 7 nitrogen and oxygen atoms in total. The molecule has 1 aliphatic carbocycles. The number of benzene rings is 1. The normalized spacial score (nSPS) is 15.8. The van der Waals surface area contributed by atoms with Gasteiger partial charge in [-0.05, 0) is 44.4 Å². The lowest BCUT2D eigenvalue weighted by molar-refractivity contribution is 0.102. The average molecular weight is 419 g/mol. The van der Waals surface area contributed by atoms with E-state index in [1.807, 2.05) is 6.07 Å². The van der Waals surface area contributed by atoms with Gasteiger partial charge in [-0.25, -0.2) is 8.42 Å². The second-order valence-electron chi connectivity index (χ2n) is 8.08. The first kappa shape index (κ1) is 21.5. The number of carbonyl (C=O) groups excluding carboxylic acids is 1. The van der Waals surface area contributed by atoms with Crippen LogP contribution in [0.1, 0.15) is 62.0 Å². The summed E-state index contributed by atoms with van der Waals surface area (Å²) in [5.74, 6) is 0.742. The first-order chi connectivity index (χ1) is 13.8. The van der Waals surface area contributed by atoms with Crippen LogP contribution in [0.2, 0.25) is 0 Å². The Labute approximate surface area is 172 Å². The molecule has 1 aliphatic rings. The van der Waals surface area contributed by atoms with Gasteiger partial charge in [-0.3, -0.25) is 9.89 Å². The van der Waals surface area contributed by atoms with E-state index in [1.165, 1.54) is 55.6 Å². The Hall–Kier alpha value is -2.19. The van der Waals surface area contributed by atoms with Crippen molar-refractivity contribution in [3.63, 3.8) is 0 Å². The summed E-state index contributed by atoms with van der Waals surface area (Å²) < 4.78 is 26.6. The summed E-state index contributed by atoms with van der Waals surface area (Å²) in [5, 5.41) is 9.95. The zero-order valence-electron chi connectivity index (χ0n) is 17.3. The van der Waals surface area contributed by atoms with Crippen LogP contribution < -0.4 is 5.32 Å². The van der Waals surface area contributed by atoms with Gasteiger partial charge in [-0.1, -0.05) is 38.2 Å². The number of hydrogen-bond donors (Lipinski definition) is 2. The Morgan fingerprint density at radius 1 is 1.24 bits per heavy atom. The minimum Gasteiger partial charge on any atom is -0.305 e. The summed E-state index contributed by atoms with van der Waals surface area (Å²) in [4.78, 5) is 12.7. The molecule has 0 atom stereocenters. The molecule has 0 spiro atoms. The molecule has 1 aromatic carbocycles. The highest BCUT2D eigenvalue weighted by Gasteiger charge is 2.24. The highest BCUT2D eigenvalue weighted by atomic mass is 32.2. The molecular weight excluding hydrogens is 388 g/mol. The molecule has 8 heteroatoms. The number of hydrogen-bond acceptors (Lipinski definition) is 4. The first-order valence-electron chi connectivity index (χ1n) is 10.2. The van der Waals surface area contributed by atoms with Crippen molar-refractivity contribution in [1.82, 2.24) is 14.5 Å². The van der Waals surface area contributed by atoms with Gasteiger partial charge in [0.15, 0.2) is 5.82 Å². The largest absolute Gasteiger partial charge is 0.305 e. The van der Waals surface area contributed by atoms with E-state index < -0.39 is 10.0 Å². The maximum atomic E-state index is 12.7. The number of nitrogens with one attached hydrogen (secondary N) is 2. The zero-order valence-corrected chi connectivity index (χ0v) is 18.1. The number of rotatable bonds is 7. The maximum absolute atomic E-state index is 12.7. The van der Waals surface area contributed by atoms with Crippen LogP contribution in [-0.2, 0) is 16.4 Å². The molecule has 29 heavy (non-hydrogen) atoms. The van der Waals surface area contributed by atoms with Crippen molar-refractivity contribution in [2.45, 2.75) is 63.3 Å². The molecule has 1 aromatic heterocycles. The molecule has 0 radical (unpaired) electrons. The Morgan fingerprint density at radius 3 is 2.66 bits per heavy atom. The van der Waals surface area contributed by atoms with Crippen LogP contribution in [0.15, 0.2) is 35.2 Å². The van der Waals surface area contributed by atoms with Crippen LogP contribution in [0.3, 0.4) is 0 Å². The van der Waals surface area contributed by atoms with Crippen molar-refractivity contribution < 1.29 is 13.2 Å². The molecule has 0 bridgehead atoms. The number of anilines is 1. The van der Waals surface area contributed by atoms with Gasteiger partial charge in [0.25, 0.3) is 5.91 Å². The van der Waals surface area contributed by atoms with Gasteiger partial charge < -0.3 is 5.32 Å². The zero-order chi connectivity index (χ0) is 21.0. The van der Waals surface area contributed by atoms with Crippen molar-refractivity contribution in [3.8, 4) is 0 Å². The number of aromatic amines is 1. The second kappa shape index (κ2) is 9.09. The Bertz CT molecular complexity index is 946. The molecule has 2 aromatic rings. The smallest absolute Gasteiger partial charge is 0.256 e. The second-order valence-corrected chi connectivity index (χ2v) is 10.1. The third kappa shape index (κ3) is 5.25. The SMILES string of the molecule is CC(C)N(C)S(=O)(=O)c1cccc(C(=O)Nc2cc(CC3CCCCC3)[nH]n2)c1. The quantitative estimate of drug-likeness (QED) is 0.715. The molecule has 3 rings (SSSR count). The van der Waals surface area contributed by atoms with Gasteiger partial charge in [0, 0.05) is 30.4 Å². The van der Waals surface area contributed by atoms with Crippen LogP contribution in [0.25, 0.3) is 0 Å². The van der Waals surface area contributed by atoms with E-state index in [1.54, 1.807) is 26.0 Å². The number of nitrogens with zero attached hydrogens (tertiary/aromatic N) is 2. The first-order valence-corrected chi connectivity index (χ1v) is 11.6. The van der Waals surface area contributed by atoms with E-state index in [0.29, 0.717) is 11.7 Å². The molecule has 1 fully saturated rings. The molecule has 158 valence electrons. The molecule has 0 aliphatic heterocycles. The van der Waals surface area contributed by atoms with Crippen LogP contribution >= 0.6 is 0 Å². The highest BCUT2D eigenvalue weighted by molar-refractivity contribution is 7.89. The summed E-state index contributed by atoms with van der Waals surface area (Å²) in [6.07, 6.45) is 7.32. The predicted molar refractivity (Wildman–Crippen MR) is 113 cm³/mol. The van der Waals surface area contributed by atoms with E-state index >= 15 is 0 Å². The van der Waals surface area contributed by atoms with Crippen molar-refractivity contribution in [1.29, 1.82) is 0 Å². The summed E-state index contributed by atoms with van der Waals surface area (Å²) >= 11 is 0. The third-order valence-electron chi connectivity index (χ3n) is 5.61. The summed E-state index contributed by atoms with van der Waals surface area (Å²) in [5.41, 5.74) is 1.29. The van der Waals surface area contributed by atoms with Gasteiger partial charge >= 0.3 is 0 Å². The average Bonchev–Trinajstić information content (AvgIpc) is 3.14. The van der Waals surface area contributed by atoms with Crippen molar-refractivity contribution >= 4 is 21.7 Å². The third-order valence-corrected chi connectivity index (χ3v) is 7.64. The molecule has 1 saturated carbocycles. The van der Waals surface area contributed by atoms with Crippen molar-refractivity contribution in [2.75, 3.05) is 12.4 Å². The van der Waals surface area contributed by atoms with Crippen LogP contribution in [0.5, 0.6) is 0 Å².